The molecule has 3 nitrogen and oxygen atoms in total. The van der Waals surface area contributed by atoms with Crippen LogP contribution in [0.3, 0.4) is 0 Å². The molecule has 1 amide bonds. The molecule has 0 radical (unpaired) electrons. The third-order valence-corrected chi connectivity index (χ3v) is 3.13. The molecule has 0 aromatic carbocycles. The topological polar surface area (TPSA) is 41.1 Å². The summed E-state index contributed by atoms with van der Waals surface area (Å²) in [5.74, 6) is 2.36. The number of nitrogens with one attached hydrogen (secondary N) is 2. The van der Waals surface area contributed by atoms with Crippen molar-refractivity contribution in [2.75, 3.05) is 19.6 Å². The number of amides is 1. The lowest BCUT2D eigenvalue weighted by atomic mass is 10.3. The van der Waals surface area contributed by atoms with E-state index in [-0.39, 0.29) is 12.5 Å². The molecular formula is C11H13ClN2OS. The maximum atomic E-state index is 11.2. The number of rotatable bonds is 6. The van der Waals surface area contributed by atoms with Crippen molar-refractivity contribution in [1.82, 2.24) is 10.6 Å². The molecule has 0 aliphatic heterocycles. The van der Waals surface area contributed by atoms with Crippen molar-refractivity contribution in [3.05, 3.63) is 21.3 Å². The first kappa shape index (κ1) is 13.0. The number of carbonyl (C=O) groups is 1. The Morgan fingerprint density at radius 2 is 2.38 bits per heavy atom. The number of thiophene rings is 1. The molecule has 0 aliphatic rings. The molecule has 0 aliphatic carbocycles. The van der Waals surface area contributed by atoms with Crippen molar-refractivity contribution < 1.29 is 4.79 Å². The van der Waals surface area contributed by atoms with Gasteiger partial charge in [-0.15, -0.1) is 17.8 Å². The lowest BCUT2D eigenvalue weighted by Crippen LogP contribution is -2.35. The molecule has 1 rings (SSSR count). The quantitative estimate of drug-likeness (QED) is 0.595. The Labute approximate surface area is 104 Å². The van der Waals surface area contributed by atoms with Gasteiger partial charge in [0.05, 0.1) is 17.4 Å². The van der Waals surface area contributed by atoms with Gasteiger partial charge in [-0.1, -0.05) is 17.5 Å². The molecule has 2 N–H and O–H groups in total. The predicted molar refractivity (Wildman–Crippen MR) is 67.7 cm³/mol. The van der Waals surface area contributed by atoms with E-state index in [1.54, 1.807) is 0 Å². The maximum Gasteiger partial charge on any atom is 0.233 e. The van der Waals surface area contributed by atoms with Crippen LogP contribution in [-0.4, -0.2) is 25.5 Å². The summed E-state index contributed by atoms with van der Waals surface area (Å²) in [5, 5.41) is 5.61. The normalized spacial score (nSPS) is 9.75. The van der Waals surface area contributed by atoms with Crippen LogP contribution in [0.2, 0.25) is 4.34 Å². The van der Waals surface area contributed by atoms with Gasteiger partial charge in [0, 0.05) is 11.4 Å². The van der Waals surface area contributed by atoms with Crippen molar-refractivity contribution in [2.24, 2.45) is 0 Å². The molecule has 0 fully saturated rings. The van der Waals surface area contributed by atoms with E-state index < -0.39 is 0 Å². The highest BCUT2D eigenvalue weighted by molar-refractivity contribution is 7.16. The number of hydrogen-bond donors (Lipinski definition) is 2. The second-order valence-electron chi connectivity index (χ2n) is 3.11. The fourth-order valence-corrected chi connectivity index (χ4v) is 2.21. The maximum absolute atomic E-state index is 11.2. The Hall–Kier alpha value is -1.02. The first-order valence-electron chi connectivity index (χ1n) is 4.87. The van der Waals surface area contributed by atoms with Gasteiger partial charge in [-0.05, 0) is 18.6 Å². The van der Waals surface area contributed by atoms with E-state index in [1.807, 2.05) is 12.1 Å². The summed E-state index contributed by atoms with van der Waals surface area (Å²) in [6.07, 6.45) is 5.84. The van der Waals surface area contributed by atoms with Gasteiger partial charge in [0.1, 0.15) is 0 Å². The van der Waals surface area contributed by atoms with Crippen molar-refractivity contribution >= 4 is 28.8 Å². The highest BCUT2D eigenvalue weighted by atomic mass is 35.5. The lowest BCUT2D eigenvalue weighted by Gasteiger charge is -2.03. The van der Waals surface area contributed by atoms with Gasteiger partial charge in [0.2, 0.25) is 5.91 Å². The van der Waals surface area contributed by atoms with Crippen LogP contribution >= 0.6 is 22.9 Å². The number of carbonyl (C=O) groups excluding carboxylic acids is 1. The highest BCUT2D eigenvalue weighted by Crippen LogP contribution is 2.21. The molecule has 1 heterocycles. The highest BCUT2D eigenvalue weighted by Gasteiger charge is 2.01. The second-order valence-corrected chi connectivity index (χ2v) is 4.91. The molecule has 86 valence electrons. The summed E-state index contributed by atoms with van der Waals surface area (Å²) in [6.45, 7) is 1.29. The van der Waals surface area contributed by atoms with E-state index in [2.05, 4.69) is 16.6 Å². The zero-order chi connectivity index (χ0) is 11.8. The van der Waals surface area contributed by atoms with E-state index in [4.69, 9.17) is 18.0 Å². The standard InChI is InChI=1S/C11H13ClN2OS/c1-2-6-13-8-11(15)14-7-5-9-3-4-10(12)16-9/h1,3-4,13H,5-8H2,(H,14,15). The summed E-state index contributed by atoms with van der Waals surface area (Å²) in [5.41, 5.74) is 0. The minimum atomic E-state index is -0.0436. The largest absolute Gasteiger partial charge is 0.355 e. The Kier molecular flexibility index (Phi) is 5.94. The van der Waals surface area contributed by atoms with Crippen LogP contribution in [0.4, 0.5) is 0 Å². The number of halogens is 1. The summed E-state index contributed by atoms with van der Waals surface area (Å²) in [6, 6.07) is 3.83. The van der Waals surface area contributed by atoms with Crippen LogP contribution in [0.5, 0.6) is 0 Å². The van der Waals surface area contributed by atoms with Crippen molar-refractivity contribution in [2.45, 2.75) is 6.42 Å². The molecule has 0 spiro atoms. The third kappa shape index (κ3) is 5.17. The molecule has 0 saturated carbocycles. The summed E-state index contributed by atoms with van der Waals surface area (Å²) >= 11 is 7.32. The fraction of sp³-hybridized carbons (Fsp3) is 0.364. The third-order valence-electron chi connectivity index (χ3n) is 1.84. The van der Waals surface area contributed by atoms with Gasteiger partial charge in [-0.2, -0.15) is 0 Å². The molecule has 0 saturated heterocycles. The molecule has 0 bridgehead atoms. The molecule has 16 heavy (non-hydrogen) atoms. The molecule has 5 heteroatoms. The zero-order valence-electron chi connectivity index (χ0n) is 8.75. The first-order valence-corrected chi connectivity index (χ1v) is 6.07. The van der Waals surface area contributed by atoms with Crippen molar-refractivity contribution in [1.29, 1.82) is 0 Å². The van der Waals surface area contributed by atoms with Crippen LogP contribution in [-0.2, 0) is 11.2 Å². The second kappa shape index (κ2) is 7.29. The van der Waals surface area contributed by atoms with E-state index >= 15 is 0 Å². The van der Waals surface area contributed by atoms with E-state index in [9.17, 15) is 4.79 Å². The average Bonchev–Trinajstić information content (AvgIpc) is 2.65. The van der Waals surface area contributed by atoms with Gasteiger partial charge in [-0.25, -0.2) is 0 Å². The molecule has 0 unspecified atom stereocenters. The van der Waals surface area contributed by atoms with E-state index in [1.165, 1.54) is 16.2 Å². The lowest BCUT2D eigenvalue weighted by molar-refractivity contribution is -0.120. The van der Waals surface area contributed by atoms with Gasteiger partial charge in [-0.3, -0.25) is 10.1 Å². The van der Waals surface area contributed by atoms with Gasteiger partial charge >= 0.3 is 0 Å². The number of hydrogen-bond acceptors (Lipinski definition) is 3. The van der Waals surface area contributed by atoms with Gasteiger partial charge < -0.3 is 5.32 Å². The Bertz CT molecular complexity index is 384. The monoisotopic (exact) mass is 256 g/mol. The smallest absolute Gasteiger partial charge is 0.233 e. The van der Waals surface area contributed by atoms with Crippen LogP contribution < -0.4 is 10.6 Å². The van der Waals surface area contributed by atoms with Crippen LogP contribution in [0.15, 0.2) is 12.1 Å². The average molecular weight is 257 g/mol. The van der Waals surface area contributed by atoms with Crippen LogP contribution in [0.1, 0.15) is 4.88 Å². The Balaban J connectivity index is 2.11. The number of terminal acetylenes is 1. The molecule has 1 aromatic rings. The minimum Gasteiger partial charge on any atom is -0.355 e. The summed E-state index contributed by atoms with van der Waals surface area (Å²) in [7, 11) is 0. The molecule has 0 atom stereocenters. The van der Waals surface area contributed by atoms with Gasteiger partial charge in [0.15, 0.2) is 0 Å². The SMILES string of the molecule is C#CCNCC(=O)NCCc1ccc(Cl)s1. The van der Waals surface area contributed by atoms with Gasteiger partial charge in [0.25, 0.3) is 0 Å². The Morgan fingerprint density at radius 3 is 3.00 bits per heavy atom. The summed E-state index contributed by atoms with van der Waals surface area (Å²) in [4.78, 5) is 12.4. The molecular weight excluding hydrogens is 244 g/mol. The summed E-state index contributed by atoms with van der Waals surface area (Å²) < 4.78 is 0.775. The van der Waals surface area contributed by atoms with Crippen LogP contribution in [0, 0.1) is 12.3 Å². The van der Waals surface area contributed by atoms with E-state index in [0.29, 0.717) is 13.1 Å². The zero-order valence-corrected chi connectivity index (χ0v) is 10.3. The minimum absolute atomic E-state index is 0.0436. The Morgan fingerprint density at radius 1 is 1.56 bits per heavy atom. The first-order chi connectivity index (χ1) is 7.72. The van der Waals surface area contributed by atoms with Crippen molar-refractivity contribution in [3.8, 4) is 12.3 Å². The van der Waals surface area contributed by atoms with Crippen LogP contribution in [0.25, 0.3) is 0 Å². The van der Waals surface area contributed by atoms with Crippen molar-refractivity contribution in [3.63, 3.8) is 0 Å². The molecule has 1 aromatic heterocycles. The predicted octanol–water partition coefficient (Wildman–Crippen LogP) is 1.28. The fourth-order valence-electron chi connectivity index (χ4n) is 1.12. The van der Waals surface area contributed by atoms with E-state index in [0.717, 1.165) is 10.8 Å².